The Balaban J connectivity index is 0.00000264. The maximum absolute atomic E-state index is 12.2. The monoisotopic (exact) mass is 361 g/mol. The van der Waals surface area contributed by atoms with Crippen LogP contribution in [-0.4, -0.2) is 39.5 Å². The lowest BCUT2D eigenvalue weighted by Crippen LogP contribution is -2.38. The van der Waals surface area contributed by atoms with Crippen molar-refractivity contribution in [1.82, 2.24) is 15.4 Å². The molecule has 0 aromatic heterocycles. The maximum Gasteiger partial charge on any atom is 0.251 e. The largest absolute Gasteiger partial charge is 0.350 e. The first-order valence-electron chi connectivity index (χ1n) is 7.56. The molecule has 1 amide bonds. The minimum Gasteiger partial charge on any atom is -0.350 e. The van der Waals surface area contributed by atoms with Gasteiger partial charge in [-0.25, -0.2) is 13.1 Å². The molecule has 0 heterocycles. The van der Waals surface area contributed by atoms with Gasteiger partial charge in [0.2, 0.25) is 10.0 Å². The molecule has 0 spiro atoms. The third kappa shape index (κ3) is 6.10. The number of likely N-dealkylation sites (N-methyl/N-ethyl adjacent to an activating group) is 1. The third-order valence-electron chi connectivity index (χ3n) is 3.43. The molecule has 0 bridgehead atoms. The van der Waals surface area contributed by atoms with Crippen molar-refractivity contribution in [3.8, 4) is 0 Å². The van der Waals surface area contributed by atoms with Crippen LogP contribution in [0.25, 0.3) is 0 Å². The van der Waals surface area contributed by atoms with E-state index in [1.54, 1.807) is 12.1 Å². The number of hydrogen-bond donors (Lipinski definition) is 3. The van der Waals surface area contributed by atoms with E-state index in [0.29, 0.717) is 12.1 Å². The van der Waals surface area contributed by atoms with Gasteiger partial charge in [-0.15, -0.1) is 12.4 Å². The van der Waals surface area contributed by atoms with Crippen molar-refractivity contribution in [2.24, 2.45) is 0 Å². The number of carbonyl (C=O) groups excluding carboxylic acids is 1. The molecular formula is C15H24ClN3O3S. The SMILES string of the molecule is CCN[C@H](C)CNC(=O)c1cccc(S(=O)(=O)NC2CC2)c1.Cl. The van der Waals surface area contributed by atoms with Crippen molar-refractivity contribution < 1.29 is 13.2 Å². The number of carbonyl (C=O) groups is 1. The van der Waals surface area contributed by atoms with Crippen LogP contribution in [0.15, 0.2) is 29.2 Å². The van der Waals surface area contributed by atoms with Gasteiger partial charge in [-0.05, 0) is 44.5 Å². The lowest BCUT2D eigenvalue weighted by molar-refractivity contribution is 0.0950. The fourth-order valence-electron chi connectivity index (χ4n) is 2.06. The van der Waals surface area contributed by atoms with Crippen molar-refractivity contribution in [2.45, 2.75) is 43.7 Å². The Morgan fingerprint density at radius 3 is 2.65 bits per heavy atom. The number of halogens is 1. The molecule has 6 nitrogen and oxygen atoms in total. The minimum atomic E-state index is -3.54. The van der Waals surface area contributed by atoms with E-state index in [1.165, 1.54) is 12.1 Å². The highest BCUT2D eigenvalue weighted by molar-refractivity contribution is 7.89. The summed E-state index contributed by atoms with van der Waals surface area (Å²) in [4.78, 5) is 12.2. The standard InChI is InChI=1S/C15H23N3O3S.ClH/c1-3-16-11(2)10-17-15(19)12-5-4-6-14(9-12)22(20,21)18-13-7-8-13;/h4-6,9,11,13,16,18H,3,7-8,10H2,1-2H3,(H,17,19);1H/t11-;/m1./s1. The third-order valence-corrected chi connectivity index (χ3v) is 4.95. The van der Waals surface area contributed by atoms with Crippen LogP contribution in [0.4, 0.5) is 0 Å². The van der Waals surface area contributed by atoms with Crippen molar-refractivity contribution >= 4 is 28.3 Å². The summed E-state index contributed by atoms with van der Waals surface area (Å²) in [5.74, 6) is -0.270. The second kappa shape index (κ2) is 8.63. The molecule has 1 aromatic rings. The molecule has 1 fully saturated rings. The number of rotatable bonds is 8. The van der Waals surface area contributed by atoms with Crippen LogP contribution in [0.2, 0.25) is 0 Å². The van der Waals surface area contributed by atoms with Crippen molar-refractivity contribution in [3.63, 3.8) is 0 Å². The van der Waals surface area contributed by atoms with Crippen molar-refractivity contribution in [1.29, 1.82) is 0 Å². The molecule has 1 aromatic carbocycles. The summed E-state index contributed by atoms with van der Waals surface area (Å²) in [7, 11) is -3.54. The van der Waals surface area contributed by atoms with Crippen LogP contribution in [-0.2, 0) is 10.0 Å². The van der Waals surface area contributed by atoms with E-state index in [0.717, 1.165) is 19.4 Å². The second-order valence-corrected chi connectivity index (χ2v) is 7.31. The molecular weight excluding hydrogens is 338 g/mol. The van der Waals surface area contributed by atoms with E-state index in [-0.39, 0.29) is 35.3 Å². The van der Waals surface area contributed by atoms with Gasteiger partial charge in [-0.3, -0.25) is 4.79 Å². The second-order valence-electron chi connectivity index (χ2n) is 5.59. The summed E-state index contributed by atoms with van der Waals surface area (Å²) in [6.07, 6.45) is 1.75. The van der Waals surface area contributed by atoms with Crippen LogP contribution in [0.5, 0.6) is 0 Å². The lowest BCUT2D eigenvalue weighted by atomic mass is 10.2. The highest BCUT2D eigenvalue weighted by atomic mass is 35.5. The number of benzene rings is 1. The summed E-state index contributed by atoms with van der Waals surface area (Å²) >= 11 is 0. The fraction of sp³-hybridized carbons (Fsp3) is 0.533. The average molecular weight is 362 g/mol. The zero-order valence-corrected chi connectivity index (χ0v) is 15.0. The first-order valence-corrected chi connectivity index (χ1v) is 9.04. The normalized spacial score (nSPS) is 15.6. The van der Waals surface area contributed by atoms with E-state index in [4.69, 9.17) is 0 Å². The first kappa shape index (κ1) is 19.9. The van der Waals surface area contributed by atoms with Crippen molar-refractivity contribution in [2.75, 3.05) is 13.1 Å². The fourth-order valence-corrected chi connectivity index (χ4v) is 3.41. The Kier molecular flexibility index (Phi) is 7.47. The van der Waals surface area contributed by atoms with Gasteiger partial charge in [0.25, 0.3) is 5.91 Å². The molecule has 8 heteroatoms. The topological polar surface area (TPSA) is 87.3 Å². The molecule has 1 aliphatic carbocycles. The minimum absolute atomic E-state index is 0. The predicted molar refractivity (Wildman–Crippen MR) is 92.5 cm³/mol. The van der Waals surface area contributed by atoms with Gasteiger partial charge in [-0.1, -0.05) is 13.0 Å². The van der Waals surface area contributed by atoms with Crippen LogP contribution < -0.4 is 15.4 Å². The highest BCUT2D eigenvalue weighted by Crippen LogP contribution is 2.22. The average Bonchev–Trinajstić information content (AvgIpc) is 3.28. The van der Waals surface area contributed by atoms with Gasteiger partial charge >= 0.3 is 0 Å². The molecule has 0 aliphatic heterocycles. The van der Waals surface area contributed by atoms with E-state index >= 15 is 0 Å². The molecule has 1 atom stereocenters. The summed E-state index contributed by atoms with van der Waals surface area (Å²) in [6, 6.07) is 6.33. The van der Waals surface area contributed by atoms with Crippen LogP contribution >= 0.6 is 12.4 Å². The zero-order chi connectivity index (χ0) is 16.2. The summed E-state index contributed by atoms with van der Waals surface area (Å²) in [6.45, 7) is 5.30. The number of amides is 1. The summed E-state index contributed by atoms with van der Waals surface area (Å²) in [5.41, 5.74) is 0.349. The van der Waals surface area contributed by atoms with Crippen LogP contribution in [0.3, 0.4) is 0 Å². The molecule has 1 aliphatic rings. The molecule has 130 valence electrons. The van der Waals surface area contributed by atoms with E-state index in [1.807, 2.05) is 13.8 Å². The molecule has 0 saturated heterocycles. The van der Waals surface area contributed by atoms with E-state index in [9.17, 15) is 13.2 Å². The number of nitrogens with one attached hydrogen (secondary N) is 3. The van der Waals surface area contributed by atoms with Crippen LogP contribution in [0.1, 0.15) is 37.0 Å². The number of hydrogen-bond acceptors (Lipinski definition) is 4. The predicted octanol–water partition coefficient (Wildman–Crippen LogP) is 1.28. The van der Waals surface area contributed by atoms with E-state index in [2.05, 4.69) is 15.4 Å². The van der Waals surface area contributed by atoms with Gasteiger partial charge in [0.05, 0.1) is 4.90 Å². The van der Waals surface area contributed by atoms with E-state index < -0.39 is 10.0 Å². The van der Waals surface area contributed by atoms with Crippen molar-refractivity contribution in [3.05, 3.63) is 29.8 Å². The zero-order valence-electron chi connectivity index (χ0n) is 13.3. The summed E-state index contributed by atoms with van der Waals surface area (Å²) < 4.78 is 26.9. The molecule has 23 heavy (non-hydrogen) atoms. The Labute approximate surface area is 143 Å². The quantitative estimate of drug-likeness (QED) is 0.651. The number of sulfonamides is 1. The molecule has 0 radical (unpaired) electrons. The van der Waals surface area contributed by atoms with Gasteiger partial charge in [0, 0.05) is 24.2 Å². The lowest BCUT2D eigenvalue weighted by Gasteiger charge is -2.13. The summed E-state index contributed by atoms with van der Waals surface area (Å²) in [5, 5.41) is 5.99. The van der Waals surface area contributed by atoms with Gasteiger partial charge < -0.3 is 10.6 Å². The van der Waals surface area contributed by atoms with Gasteiger partial charge in [-0.2, -0.15) is 0 Å². The first-order chi connectivity index (χ1) is 10.4. The molecule has 1 saturated carbocycles. The Hall–Kier alpha value is -1.15. The Bertz CT molecular complexity index is 633. The van der Waals surface area contributed by atoms with Gasteiger partial charge in [0.15, 0.2) is 0 Å². The van der Waals surface area contributed by atoms with Gasteiger partial charge in [0.1, 0.15) is 0 Å². The molecule has 3 N–H and O–H groups in total. The Morgan fingerprint density at radius 1 is 1.35 bits per heavy atom. The van der Waals surface area contributed by atoms with Crippen LogP contribution in [0, 0.1) is 0 Å². The Morgan fingerprint density at radius 2 is 2.04 bits per heavy atom. The highest BCUT2D eigenvalue weighted by Gasteiger charge is 2.28. The smallest absolute Gasteiger partial charge is 0.251 e. The maximum atomic E-state index is 12.2. The molecule has 2 rings (SSSR count). The molecule has 0 unspecified atom stereocenters.